The van der Waals surface area contributed by atoms with Gasteiger partial charge in [-0.15, -0.1) is 0 Å². The van der Waals surface area contributed by atoms with Gasteiger partial charge in [0.1, 0.15) is 0 Å². The van der Waals surface area contributed by atoms with E-state index >= 15 is 0 Å². The Balaban J connectivity index is 2.19. The van der Waals surface area contributed by atoms with Crippen molar-refractivity contribution in [1.82, 2.24) is 5.32 Å². The molecule has 4 nitrogen and oxygen atoms in total. The molecule has 4 heteroatoms. The zero-order valence-corrected chi connectivity index (χ0v) is 10.5. The molecule has 0 spiro atoms. The minimum absolute atomic E-state index is 0.0940. The smallest absolute Gasteiger partial charge is 0.308 e. The van der Waals surface area contributed by atoms with Crippen LogP contribution in [-0.4, -0.2) is 36.4 Å². The maximum Gasteiger partial charge on any atom is 0.308 e. The Morgan fingerprint density at radius 2 is 2.12 bits per heavy atom. The number of aliphatic hydroxyl groups is 1. The largest absolute Gasteiger partial charge is 0.469 e. The summed E-state index contributed by atoms with van der Waals surface area (Å²) in [5, 5.41) is 13.2. The molecule has 0 heterocycles. The average molecular weight is 229 g/mol. The molecule has 0 radical (unpaired) electrons. The van der Waals surface area contributed by atoms with Crippen LogP contribution in [0.1, 0.15) is 39.5 Å². The second kappa shape index (κ2) is 5.64. The van der Waals surface area contributed by atoms with Gasteiger partial charge in [0.2, 0.25) is 0 Å². The van der Waals surface area contributed by atoms with Crippen molar-refractivity contribution in [2.24, 2.45) is 5.92 Å². The van der Waals surface area contributed by atoms with Crippen molar-refractivity contribution in [2.75, 3.05) is 13.7 Å². The molecule has 2 N–H and O–H groups in total. The number of methoxy groups -OCH3 is 1. The van der Waals surface area contributed by atoms with Gasteiger partial charge in [0, 0.05) is 12.6 Å². The summed E-state index contributed by atoms with van der Waals surface area (Å²) < 4.78 is 4.67. The van der Waals surface area contributed by atoms with E-state index in [1.54, 1.807) is 0 Å². The lowest BCUT2D eigenvalue weighted by Crippen LogP contribution is -2.48. The van der Waals surface area contributed by atoms with Crippen LogP contribution < -0.4 is 5.32 Å². The van der Waals surface area contributed by atoms with E-state index in [2.05, 4.69) is 10.1 Å². The highest BCUT2D eigenvalue weighted by Crippen LogP contribution is 2.30. The summed E-state index contributed by atoms with van der Waals surface area (Å²) in [6.07, 6.45) is 3.63. The molecular weight excluding hydrogens is 206 g/mol. The number of carbonyl (C=O) groups is 1. The van der Waals surface area contributed by atoms with Gasteiger partial charge in [-0.05, 0) is 32.6 Å². The molecule has 2 atom stereocenters. The zero-order chi connectivity index (χ0) is 12.2. The molecule has 1 saturated carbocycles. The van der Waals surface area contributed by atoms with Crippen LogP contribution in [0.5, 0.6) is 0 Å². The number of hydrogen-bond donors (Lipinski definition) is 2. The van der Waals surface area contributed by atoms with Gasteiger partial charge in [0.05, 0.1) is 18.6 Å². The van der Waals surface area contributed by atoms with Gasteiger partial charge in [-0.3, -0.25) is 4.79 Å². The predicted octanol–water partition coefficient (Wildman–Crippen LogP) is 1.08. The Morgan fingerprint density at radius 1 is 1.50 bits per heavy atom. The van der Waals surface area contributed by atoms with Crippen molar-refractivity contribution >= 4 is 5.97 Å². The van der Waals surface area contributed by atoms with E-state index in [-0.39, 0.29) is 17.9 Å². The van der Waals surface area contributed by atoms with Crippen molar-refractivity contribution in [3.63, 3.8) is 0 Å². The van der Waals surface area contributed by atoms with Gasteiger partial charge < -0.3 is 15.2 Å². The first-order valence-corrected chi connectivity index (χ1v) is 6.00. The number of rotatable bonds is 6. The third-order valence-electron chi connectivity index (χ3n) is 3.37. The topological polar surface area (TPSA) is 58.6 Å². The number of ether oxygens (including phenoxy) is 1. The first kappa shape index (κ1) is 13.5. The van der Waals surface area contributed by atoms with E-state index < -0.39 is 5.60 Å². The molecule has 16 heavy (non-hydrogen) atoms. The highest BCUT2D eigenvalue weighted by molar-refractivity contribution is 5.71. The van der Waals surface area contributed by atoms with Crippen LogP contribution in [0.2, 0.25) is 0 Å². The molecule has 2 unspecified atom stereocenters. The molecule has 0 amide bonds. The van der Waals surface area contributed by atoms with E-state index in [1.165, 1.54) is 7.11 Å². The van der Waals surface area contributed by atoms with E-state index in [1.807, 2.05) is 13.8 Å². The van der Waals surface area contributed by atoms with Crippen LogP contribution in [0, 0.1) is 5.92 Å². The van der Waals surface area contributed by atoms with Crippen molar-refractivity contribution in [1.29, 1.82) is 0 Å². The summed E-state index contributed by atoms with van der Waals surface area (Å²) >= 11 is 0. The molecule has 0 bridgehead atoms. The maximum absolute atomic E-state index is 11.2. The molecule has 1 aliphatic rings. The minimum atomic E-state index is -0.497. The van der Waals surface area contributed by atoms with Gasteiger partial charge in [-0.25, -0.2) is 0 Å². The lowest BCUT2D eigenvalue weighted by atomic mass is 9.80. The van der Waals surface area contributed by atoms with Crippen LogP contribution in [0.15, 0.2) is 0 Å². The lowest BCUT2D eigenvalue weighted by molar-refractivity contribution is -0.145. The van der Waals surface area contributed by atoms with E-state index in [0.717, 1.165) is 25.7 Å². The molecule has 1 rings (SSSR count). The average Bonchev–Trinajstić information content (AvgIpc) is 2.22. The van der Waals surface area contributed by atoms with Gasteiger partial charge in [0.25, 0.3) is 0 Å². The molecular formula is C12H23NO3. The van der Waals surface area contributed by atoms with E-state index in [4.69, 9.17) is 0 Å². The Hall–Kier alpha value is -0.610. The van der Waals surface area contributed by atoms with Gasteiger partial charge in [0.15, 0.2) is 0 Å². The fraction of sp³-hybridized carbons (Fsp3) is 0.917. The molecule has 0 aromatic carbocycles. The Morgan fingerprint density at radius 3 is 2.56 bits per heavy atom. The van der Waals surface area contributed by atoms with Crippen LogP contribution in [0.3, 0.4) is 0 Å². The minimum Gasteiger partial charge on any atom is -0.469 e. The monoisotopic (exact) mass is 229 g/mol. The summed E-state index contributed by atoms with van der Waals surface area (Å²) in [4.78, 5) is 11.2. The highest BCUT2D eigenvalue weighted by Gasteiger charge is 2.34. The predicted molar refractivity (Wildman–Crippen MR) is 62.1 cm³/mol. The summed E-state index contributed by atoms with van der Waals surface area (Å²) in [5.74, 6) is -0.264. The zero-order valence-electron chi connectivity index (χ0n) is 10.5. The molecule has 1 aliphatic carbocycles. The third kappa shape index (κ3) is 3.76. The summed E-state index contributed by atoms with van der Waals surface area (Å²) in [6.45, 7) is 4.52. The lowest BCUT2D eigenvalue weighted by Gasteiger charge is -2.37. The molecule has 0 aromatic rings. The Labute approximate surface area is 97.4 Å². The van der Waals surface area contributed by atoms with Gasteiger partial charge in [-0.1, -0.05) is 6.92 Å². The Bertz CT molecular complexity index is 238. The summed E-state index contributed by atoms with van der Waals surface area (Å²) in [5.41, 5.74) is -0.497. The molecule has 1 fully saturated rings. The summed E-state index contributed by atoms with van der Waals surface area (Å²) in [6, 6.07) is 0.221. The normalized spacial score (nSPS) is 22.0. The van der Waals surface area contributed by atoms with Crippen molar-refractivity contribution in [2.45, 2.75) is 51.2 Å². The number of hydrogen-bond acceptors (Lipinski definition) is 4. The van der Waals surface area contributed by atoms with Crippen LogP contribution in [0.4, 0.5) is 0 Å². The number of carbonyl (C=O) groups excluding carboxylic acids is 1. The third-order valence-corrected chi connectivity index (χ3v) is 3.37. The molecule has 0 saturated heterocycles. The fourth-order valence-corrected chi connectivity index (χ4v) is 2.04. The van der Waals surface area contributed by atoms with Crippen LogP contribution in [0.25, 0.3) is 0 Å². The van der Waals surface area contributed by atoms with Crippen molar-refractivity contribution in [3.05, 3.63) is 0 Å². The number of esters is 1. The molecule has 0 aromatic heterocycles. The van der Waals surface area contributed by atoms with Crippen LogP contribution >= 0.6 is 0 Å². The SMILES string of the molecule is COC(=O)C(C)CC(C)NCC1(O)CCC1. The van der Waals surface area contributed by atoms with Gasteiger partial charge in [-0.2, -0.15) is 0 Å². The van der Waals surface area contributed by atoms with Crippen LogP contribution in [-0.2, 0) is 9.53 Å². The van der Waals surface area contributed by atoms with E-state index in [0.29, 0.717) is 6.54 Å². The second-order valence-corrected chi connectivity index (χ2v) is 5.02. The molecule has 94 valence electrons. The second-order valence-electron chi connectivity index (χ2n) is 5.02. The van der Waals surface area contributed by atoms with E-state index in [9.17, 15) is 9.90 Å². The standard InChI is InChI=1S/C12H23NO3/c1-9(11(14)16-3)7-10(2)13-8-12(15)5-4-6-12/h9-10,13,15H,4-8H2,1-3H3. The van der Waals surface area contributed by atoms with Gasteiger partial charge >= 0.3 is 5.97 Å². The highest BCUT2D eigenvalue weighted by atomic mass is 16.5. The maximum atomic E-state index is 11.2. The van der Waals surface area contributed by atoms with Crippen molar-refractivity contribution in [3.8, 4) is 0 Å². The van der Waals surface area contributed by atoms with Crippen molar-refractivity contribution < 1.29 is 14.6 Å². The quantitative estimate of drug-likeness (QED) is 0.669. The summed E-state index contributed by atoms with van der Waals surface area (Å²) in [7, 11) is 1.41. The first-order chi connectivity index (χ1) is 7.47. The number of nitrogens with one attached hydrogen (secondary N) is 1. The fourth-order valence-electron chi connectivity index (χ4n) is 2.04. The first-order valence-electron chi connectivity index (χ1n) is 6.00. The molecule has 0 aliphatic heterocycles. The Kier molecular flexibility index (Phi) is 4.74.